The maximum Gasteiger partial charge on any atom is 0.159 e. The molecule has 0 saturated carbocycles. The standard InChI is InChI=1S/C10H6Br4N2/c11-8(12)6-3-1-5-2-4-7(9(13)14)16-10(5)15-6/h1-4,8-9H. The lowest BCUT2D eigenvalue weighted by Crippen LogP contribution is -1.94. The maximum absolute atomic E-state index is 4.47. The second-order valence-electron chi connectivity index (χ2n) is 3.12. The van der Waals surface area contributed by atoms with Crippen LogP contribution in [-0.2, 0) is 0 Å². The minimum Gasteiger partial charge on any atom is -0.231 e. The summed E-state index contributed by atoms with van der Waals surface area (Å²) in [6, 6.07) is 7.97. The summed E-state index contributed by atoms with van der Waals surface area (Å²) in [5, 5.41) is 1.04. The Balaban J connectivity index is 2.56. The number of alkyl halides is 4. The van der Waals surface area contributed by atoms with Gasteiger partial charge in [0.2, 0.25) is 0 Å². The van der Waals surface area contributed by atoms with Crippen LogP contribution >= 0.6 is 63.7 Å². The average Bonchev–Trinajstić information content (AvgIpc) is 2.27. The minimum atomic E-state index is 0.0543. The van der Waals surface area contributed by atoms with Crippen LogP contribution in [0.5, 0.6) is 0 Å². The molecule has 2 aromatic rings. The number of halogens is 4. The Hall–Kier alpha value is 0.480. The molecule has 0 N–H and O–H groups in total. The second kappa shape index (κ2) is 5.42. The van der Waals surface area contributed by atoms with Crippen molar-refractivity contribution in [1.29, 1.82) is 0 Å². The number of rotatable bonds is 2. The van der Waals surface area contributed by atoms with E-state index in [2.05, 4.69) is 73.7 Å². The zero-order valence-corrected chi connectivity index (χ0v) is 14.2. The van der Waals surface area contributed by atoms with E-state index in [0.717, 1.165) is 22.4 Å². The fraction of sp³-hybridized carbons (Fsp3) is 0.200. The van der Waals surface area contributed by atoms with Crippen LogP contribution < -0.4 is 0 Å². The van der Waals surface area contributed by atoms with Crippen molar-refractivity contribution in [2.75, 3.05) is 0 Å². The smallest absolute Gasteiger partial charge is 0.159 e. The number of pyridine rings is 2. The summed E-state index contributed by atoms with van der Waals surface area (Å²) < 4.78 is 0.109. The number of aromatic nitrogens is 2. The molecule has 2 heterocycles. The Morgan fingerprint density at radius 2 is 1.19 bits per heavy atom. The van der Waals surface area contributed by atoms with E-state index in [9.17, 15) is 0 Å². The number of fused-ring (bicyclic) bond motifs is 1. The molecular weight excluding hydrogens is 468 g/mol. The fourth-order valence-electron chi connectivity index (χ4n) is 1.27. The number of hydrogen-bond donors (Lipinski definition) is 0. The van der Waals surface area contributed by atoms with Crippen LogP contribution in [0.2, 0.25) is 0 Å². The third-order valence-electron chi connectivity index (χ3n) is 2.04. The summed E-state index contributed by atoms with van der Waals surface area (Å²) in [6.45, 7) is 0. The molecule has 0 bridgehead atoms. The van der Waals surface area contributed by atoms with Crippen LogP contribution in [0.3, 0.4) is 0 Å². The van der Waals surface area contributed by atoms with Crippen molar-refractivity contribution in [1.82, 2.24) is 9.97 Å². The summed E-state index contributed by atoms with van der Waals surface area (Å²) >= 11 is 13.7. The lowest BCUT2D eigenvalue weighted by Gasteiger charge is -2.05. The van der Waals surface area contributed by atoms with Gasteiger partial charge in [0.1, 0.15) is 7.47 Å². The van der Waals surface area contributed by atoms with Crippen LogP contribution in [-0.4, -0.2) is 9.97 Å². The van der Waals surface area contributed by atoms with Gasteiger partial charge in [-0.3, -0.25) is 0 Å². The molecule has 0 radical (unpaired) electrons. The van der Waals surface area contributed by atoms with Crippen LogP contribution in [0.4, 0.5) is 0 Å². The maximum atomic E-state index is 4.47. The van der Waals surface area contributed by atoms with Gasteiger partial charge in [0.25, 0.3) is 0 Å². The Morgan fingerprint density at radius 3 is 1.56 bits per heavy atom. The zero-order chi connectivity index (χ0) is 11.7. The van der Waals surface area contributed by atoms with E-state index in [1.54, 1.807) is 0 Å². The van der Waals surface area contributed by atoms with E-state index < -0.39 is 0 Å². The molecule has 84 valence electrons. The first-order chi connectivity index (χ1) is 7.58. The van der Waals surface area contributed by atoms with Crippen LogP contribution in [0, 0.1) is 0 Å². The van der Waals surface area contributed by atoms with Crippen molar-refractivity contribution in [3.63, 3.8) is 0 Å². The monoisotopic (exact) mass is 470 g/mol. The summed E-state index contributed by atoms with van der Waals surface area (Å²) in [5.74, 6) is 0. The summed E-state index contributed by atoms with van der Waals surface area (Å²) in [5.41, 5.74) is 2.58. The van der Waals surface area contributed by atoms with Crippen molar-refractivity contribution < 1.29 is 0 Å². The highest BCUT2D eigenvalue weighted by atomic mass is 79.9. The van der Waals surface area contributed by atoms with Gasteiger partial charge in [0.15, 0.2) is 5.65 Å². The summed E-state index contributed by atoms with van der Waals surface area (Å²) in [4.78, 5) is 8.94. The molecule has 0 saturated heterocycles. The van der Waals surface area contributed by atoms with Gasteiger partial charge in [-0.05, 0) is 24.3 Å². The van der Waals surface area contributed by atoms with Gasteiger partial charge in [-0.15, -0.1) is 0 Å². The topological polar surface area (TPSA) is 25.8 Å². The SMILES string of the molecule is BrC(Br)c1ccc2ccc(C(Br)Br)nc2n1. The van der Waals surface area contributed by atoms with Gasteiger partial charge < -0.3 is 0 Å². The Morgan fingerprint density at radius 1 is 0.750 bits per heavy atom. The van der Waals surface area contributed by atoms with Gasteiger partial charge in [-0.1, -0.05) is 63.7 Å². The van der Waals surface area contributed by atoms with Crippen molar-refractivity contribution in [3.8, 4) is 0 Å². The molecule has 0 fully saturated rings. The second-order valence-corrected chi connectivity index (χ2v) is 9.24. The number of hydrogen-bond acceptors (Lipinski definition) is 2. The molecule has 2 rings (SSSR count). The van der Waals surface area contributed by atoms with Crippen LogP contribution in [0.15, 0.2) is 24.3 Å². The van der Waals surface area contributed by atoms with E-state index in [4.69, 9.17) is 0 Å². The molecule has 0 amide bonds. The normalized spacial score (nSPS) is 11.6. The van der Waals surface area contributed by atoms with E-state index in [-0.39, 0.29) is 7.47 Å². The summed E-state index contributed by atoms with van der Waals surface area (Å²) in [7, 11) is 0. The van der Waals surface area contributed by atoms with Crippen molar-refractivity contribution >= 4 is 74.8 Å². The molecule has 0 aliphatic rings. The minimum absolute atomic E-state index is 0.0543. The Bertz CT molecular complexity index is 470. The van der Waals surface area contributed by atoms with E-state index in [0.29, 0.717) is 0 Å². The molecule has 6 heteroatoms. The molecule has 0 spiro atoms. The van der Waals surface area contributed by atoms with E-state index in [1.807, 2.05) is 24.3 Å². The predicted molar refractivity (Wildman–Crippen MR) is 80.7 cm³/mol. The molecule has 16 heavy (non-hydrogen) atoms. The number of nitrogens with zero attached hydrogens (tertiary/aromatic N) is 2. The molecule has 0 atom stereocenters. The largest absolute Gasteiger partial charge is 0.231 e. The van der Waals surface area contributed by atoms with Gasteiger partial charge >= 0.3 is 0 Å². The van der Waals surface area contributed by atoms with Crippen molar-refractivity contribution in [2.24, 2.45) is 0 Å². The first-order valence-electron chi connectivity index (χ1n) is 4.42. The molecule has 0 aliphatic carbocycles. The summed E-state index contributed by atoms with van der Waals surface area (Å²) in [6.07, 6.45) is 0. The van der Waals surface area contributed by atoms with Gasteiger partial charge in [-0.25, -0.2) is 9.97 Å². The van der Waals surface area contributed by atoms with Gasteiger partial charge in [-0.2, -0.15) is 0 Å². The van der Waals surface area contributed by atoms with E-state index >= 15 is 0 Å². The highest BCUT2D eigenvalue weighted by Gasteiger charge is 2.09. The molecule has 2 nitrogen and oxygen atoms in total. The van der Waals surface area contributed by atoms with Gasteiger partial charge in [0.05, 0.1) is 11.4 Å². The lowest BCUT2D eigenvalue weighted by atomic mass is 10.2. The van der Waals surface area contributed by atoms with Crippen molar-refractivity contribution in [3.05, 3.63) is 35.7 Å². The molecule has 0 unspecified atom stereocenters. The highest BCUT2D eigenvalue weighted by Crippen LogP contribution is 2.31. The third kappa shape index (κ3) is 2.83. The molecule has 0 aromatic carbocycles. The lowest BCUT2D eigenvalue weighted by molar-refractivity contribution is 1.14. The fourth-order valence-corrected chi connectivity index (χ4v) is 2.29. The van der Waals surface area contributed by atoms with Gasteiger partial charge in [0, 0.05) is 5.39 Å². The van der Waals surface area contributed by atoms with Crippen LogP contribution in [0.1, 0.15) is 18.9 Å². The molecule has 2 aromatic heterocycles. The first kappa shape index (κ1) is 12.9. The zero-order valence-electron chi connectivity index (χ0n) is 7.87. The predicted octanol–water partition coefficient (Wildman–Crippen LogP) is 5.21. The third-order valence-corrected chi connectivity index (χ3v) is 3.92. The average molecular weight is 474 g/mol. The molecule has 0 aliphatic heterocycles. The van der Waals surface area contributed by atoms with E-state index in [1.165, 1.54) is 0 Å². The first-order valence-corrected chi connectivity index (χ1v) is 8.08. The van der Waals surface area contributed by atoms with Crippen LogP contribution in [0.25, 0.3) is 11.0 Å². The highest BCUT2D eigenvalue weighted by molar-refractivity contribution is 9.24. The Labute approximate surface area is 127 Å². The van der Waals surface area contributed by atoms with Crippen molar-refractivity contribution in [2.45, 2.75) is 7.47 Å². The molecular formula is C10H6Br4N2. The Kier molecular flexibility index (Phi) is 4.38. The quantitative estimate of drug-likeness (QED) is 0.560.